The van der Waals surface area contributed by atoms with Crippen LogP contribution in [0.4, 0.5) is 0 Å². The molecule has 0 aliphatic heterocycles. The predicted molar refractivity (Wildman–Crippen MR) is 82.9 cm³/mol. The Bertz CT molecular complexity index is 658. The number of aromatic nitrogens is 2. The lowest BCUT2D eigenvalue weighted by Crippen LogP contribution is -2.28. The summed E-state index contributed by atoms with van der Waals surface area (Å²) >= 11 is 6.74. The molecular weight excluding hydrogens is 326 g/mol. The number of carbonyl (C=O) groups excluding carboxylic acids is 2. The Morgan fingerprint density at radius 1 is 1.32 bits per heavy atom. The summed E-state index contributed by atoms with van der Waals surface area (Å²) in [6.07, 6.45) is 0.587. The summed E-state index contributed by atoms with van der Waals surface area (Å²) in [6.45, 7) is 1.87. The zero-order valence-corrected chi connectivity index (χ0v) is 13.4. The Hall–Kier alpha value is -1.99. The van der Waals surface area contributed by atoms with Crippen molar-refractivity contribution in [3.05, 3.63) is 45.4 Å². The molecule has 0 bridgehead atoms. The van der Waals surface area contributed by atoms with Crippen molar-refractivity contribution in [2.75, 3.05) is 6.61 Å². The zero-order valence-electron chi connectivity index (χ0n) is 11.8. The van der Waals surface area contributed by atoms with Crippen LogP contribution in [-0.4, -0.2) is 28.1 Å². The van der Waals surface area contributed by atoms with Gasteiger partial charge in [0.15, 0.2) is 11.5 Å². The SMILES string of the molecule is CCc1nnsc1C(=O)OCC(=O)NCc1ccc(Cl)cc1. The highest BCUT2D eigenvalue weighted by molar-refractivity contribution is 7.07. The normalized spacial score (nSPS) is 10.3. The molecule has 1 amide bonds. The second kappa shape index (κ2) is 7.86. The lowest BCUT2D eigenvalue weighted by molar-refractivity contribution is -0.124. The summed E-state index contributed by atoms with van der Waals surface area (Å²) in [6, 6.07) is 7.11. The average molecular weight is 340 g/mol. The van der Waals surface area contributed by atoms with Crippen molar-refractivity contribution in [3.8, 4) is 0 Å². The van der Waals surface area contributed by atoms with Crippen molar-refractivity contribution in [1.82, 2.24) is 14.9 Å². The molecule has 0 fully saturated rings. The first-order chi connectivity index (χ1) is 10.6. The van der Waals surface area contributed by atoms with Gasteiger partial charge in [0, 0.05) is 11.6 Å². The second-order valence-electron chi connectivity index (χ2n) is 4.38. The Morgan fingerprint density at radius 2 is 2.05 bits per heavy atom. The molecule has 116 valence electrons. The molecule has 0 saturated carbocycles. The standard InChI is InChI=1S/C14H14ClN3O3S/c1-2-11-13(22-18-17-11)14(20)21-8-12(19)16-7-9-3-5-10(15)6-4-9/h3-6H,2,7-8H2,1H3,(H,16,19). The number of rotatable bonds is 6. The Labute approximate surface area is 136 Å². The monoisotopic (exact) mass is 339 g/mol. The van der Waals surface area contributed by atoms with Crippen LogP contribution < -0.4 is 5.32 Å². The Balaban J connectivity index is 1.78. The van der Waals surface area contributed by atoms with Gasteiger partial charge >= 0.3 is 5.97 Å². The quantitative estimate of drug-likeness (QED) is 0.816. The first-order valence-corrected chi connectivity index (χ1v) is 7.74. The van der Waals surface area contributed by atoms with E-state index in [1.807, 2.05) is 19.1 Å². The number of carbonyl (C=O) groups is 2. The minimum absolute atomic E-state index is 0.340. The van der Waals surface area contributed by atoms with Gasteiger partial charge in [-0.3, -0.25) is 4.79 Å². The Kier molecular flexibility index (Phi) is 5.85. The van der Waals surface area contributed by atoms with E-state index in [0.29, 0.717) is 28.6 Å². The number of amides is 1. The highest BCUT2D eigenvalue weighted by Gasteiger charge is 2.17. The van der Waals surface area contributed by atoms with Crippen LogP contribution in [0.25, 0.3) is 0 Å². The van der Waals surface area contributed by atoms with Crippen molar-refractivity contribution >= 4 is 35.0 Å². The van der Waals surface area contributed by atoms with Crippen LogP contribution in [0.3, 0.4) is 0 Å². The molecular formula is C14H14ClN3O3S. The molecule has 1 aromatic heterocycles. The van der Waals surface area contributed by atoms with Crippen LogP contribution in [-0.2, 0) is 22.5 Å². The van der Waals surface area contributed by atoms with Crippen molar-refractivity contribution in [2.45, 2.75) is 19.9 Å². The fourth-order valence-corrected chi connectivity index (χ4v) is 2.42. The van der Waals surface area contributed by atoms with Crippen molar-refractivity contribution in [1.29, 1.82) is 0 Å². The minimum atomic E-state index is -0.575. The molecule has 1 aromatic carbocycles. The van der Waals surface area contributed by atoms with E-state index < -0.39 is 5.97 Å². The summed E-state index contributed by atoms with van der Waals surface area (Å²) in [5, 5.41) is 7.12. The molecule has 2 rings (SSSR count). The first-order valence-electron chi connectivity index (χ1n) is 6.59. The highest BCUT2D eigenvalue weighted by atomic mass is 35.5. The molecule has 0 saturated heterocycles. The van der Waals surface area contributed by atoms with E-state index in [9.17, 15) is 9.59 Å². The summed E-state index contributed by atoms with van der Waals surface area (Å²) < 4.78 is 8.66. The smallest absolute Gasteiger partial charge is 0.352 e. The van der Waals surface area contributed by atoms with E-state index in [1.54, 1.807) is 12.1 Å². The molecule has 0 unspecified atom stereocenters. The van der Waals surface area contributed by atoms with Crippen LogP contribution in [0.5, 0.6) is 0 Å². The highest BCUT2D eigenvalue weighted by Crippen LogP contribution is 2.12. The van der Waals surface area contributed by atoms with Gasteiger partial charge < -0.3 is 10.1 Å². The average Bonchev–Trinajstić information content (AvgIpc) is 3.00. The van der Waals surface area contributed by atoms with Gasteiger partial charge in [-0.05, 0) is 35.6 Å². The zero-order chi connectivity index (χ0) is 15.9. The van der Waals surface area contributed by atoms with Gasteiger partial charge in [-0.1, -0.05) is 35.1 Å². The van der Waals surface area contributed by atoms with Crippen LogP contribution in [0.15, 0.2) is 24.3 Å². The molecule has 0 atom stereocenters. The third-order valence-corrected chi connectivity index (χ3v) is 3.81. The third-order valence-electron chi connectivity index (χ3n) is 2.81. The lowest BCUT2D eigenvalue weighted by Gasteiger charge is -2.06. The molecule has 8 heteroatoms. The summed E-state index contributed by atoms with van der Waals surface area (Å²) in [5.41, 5.74) is 1.49. The number of nitrogens with one attached hydrogen (secondary N) is 1. The lowest BCUT2D eigenvalue weighted by atomic mass is 10.2. The largest absolute Gasteiger partial charge is 0.451 e. The summed E-state index contributed by atoms with van der Waals surface area (Å²) in [4.78, 5) is 23.8. The number of esters is 1. The number of aryl methyl sites for hydroxylation is 1. The van der Waals surface area contributed by atoms with Gasteiger partial charge in [0.05, 0.1) is 5.69 Å². The molecule has 0 aliphatic carbocycles. The topological polar surface area (TPSA) is 81.2 Å². The van der Waals surface area contributed by atoms with Crippen molar-refractivity contribution in [2.24, 2.45) is 0 Å². The van der Waals surface area contributed by atoms with E-state index in [-0.39, 0.29) is 12.5 Å². The van der Waals surface area contributed by atoms with Crippen molar-refractivity contribution in [3.63, 3.8) is 0 Å². The van der Waals surface area contributed by atoms with Crippen molar-refractivity contribution < 1.29 is 14.3 Å². The Morgan fingerprint density at radius 3 is 2.73 bits per heavy atom. The molecule has 6 nitrogen and oxygen atoms in total. The van der Waals surface area contributed by atoms with Gasteiger partial charge in [-0.25, -0.2) is 4.79 Å². The molecule has 1 heterocycles. The fraction of sp³-hybridized carbons (Fsp3) is 0.286. The van der Waals surface area contributed by atoms with E-state index in [4.69, 9.17) is 16.3 Å². The van der Waals surface area contributed by atoms with E-state index in [0.717, 1.165) is 17.1 Å². The second-order valence-corrected chi connectivity index (χ2v) is 5.57. The molecule has 0 aliphatic rings. The fourth-order valence-electron chi connectivity index (χ4n) is 1.65. The van der Waals surface area contributed by atoms with Crippen LogP contribution in [0, 0.1) is 0 Å². The predicted octanol–water partition coefficient (Wildman–Crippen LogP) is 2.23. The van der Waals surface area contributed by atoms with Gasteiger partial charge in [-0.2, -0.15) is 0 Å². The summed E-state index contributed by atoms with van der Waals surface area (Å²) in [7, 11) is 0. The molecule has 0 radical (unpaired) electrons. The van der Waals surface area contributed by atoms with Crippen LogP contribution >= 0.6 is 23.1 Å². The van der Waals surface area contributed by atoms with Gasteiger partial charge in [0.1, 0.15) is 0 Å². The molecule has 1 N–H and O–H groups in total. The molecule has 22 heavy (non-hydrogen) atoms. The van der Waals surface area contributed by atoms with Gasteiger partial charge in [-0.15, -0.1) is 5.10 Å². The first kappa shape index (κ1) is 16.4. The molecule has 0 spiro atoms. The van der Waals surface area contributed by atoms with E-state index >= 15 is 0 Å². The number of benzene rings is 1. The minimum Gasteiger partial charge on any atom is -0.451 e. The number of ether oxygens (including phenoxy) is 1. The summed E-state index contributed by atoms with van der Waals surface area (Å²) in [5.74, 6) is -0.952. The van der Waals surface area contributed by atoms with E-state index in [2.05, 4.69) is 14.9 Å². The maximum absolute atomic E-state index is 11.8. The molecule has 2 aromatic rings. The van der Waals surface area contributed by atoms with Crippen LogP contribution in [0.1, 0.15) is 27.9 Å². The van der Waals surface area contributed by atoms with Gasteiger partial charge in [0.2, 0.25) is 0 Å². The maximum atomic E-state index is 11.8. The number of hydrogen-bond donors (Lipinski definition) is 1. The number of hydrogen-bond acceptors (Lipinski definition) is 6. The number of nitrogens with zero attached hydrogens (tertiary/aromatic N) is 2. The third kappa shape index (κ3) is 4.51. The van der Waals surface area contributed by atoms with Gasteiger partial charge in [0.25, 0.3) is 5.91 Å². The maximum Gasteiger partial charge on any atom is 0.352 e. The van der Waals surface area contributed by atoms with Crippen LogP contribution in [0.2, 0.25) is 5.02 Å². The van der Waals surface area contributed by atoms with E-state index in [1.165, 1.54) is 0 Å². The number of halogens is 1.